The van der Waals surface area contributed by atoms with Gasteiger partial charge in [0.2, 0.25) is 6.79 Å². The summed E-state index contributed by atoms with van der Waals surface area (Å²) in [6.45, 7) is 5.76. The molecule has 4 N–H and O–H groups in total. The molecule has 0 radical (unpaired) electrons. The molecule has 1 aliphatic rings. The molecule has 176 valence electrons. The zero-order valence-electron chi connectivity index (χ0n) is 19.1. The lowest BCUT2D eigenvalue weighted by atomic mass is 10.2. The van der Waals surface area contributed by atoms with Gasteiger partial charge in [-0.05, 0) is 44.2 Å². The minimum Gasteiger partial charge on any atom is -0.454 e. The van der Waals surface area contributed by atoms with Crippen LogP contribution in [-0.4, -0.2) is 63.0 Å². The highest BCUT2D eigenvalue weighted by molar-refractivity contribution is 7.99. The molecule has 2 aromatic heterocycles. The summed E-state index contributed by atoms with van der Waals surface area (Å²) in [6, 6.07) is 4.19. The Bertz CT molecular complexity index is 1180. The number of ether oxygens (including phenoxy) is 2. The first kappa shape index (κ1) is 23.2. The van der Waals surface area contributed by atoms with Gasteiger partial charge in [0.1, 0.15) is 6.33 Å². The van der Waals surface area contributed by atoms with Crippen LogP contribution >= 0.6 is 24.0 Å². The predicted octanol–water partition coefficient (Wildman–Crippen LogP) is 2.70. The van der Waals surface area contributed by atoms with Gasteiger partial charge >= 0.3 is 0 Å². The molecule has 0 aliphatic carbocycles. The van der Waals surface area contributed by atoms with Crippen LogP contribution in [-0.2, 0) is 6.54 Å². The molecular weight excluding hydrogens is 460 g/mol. The first-order chi connectivity index (χ1) is 15.8. The molecule has 1 aliphatic heterocycles. The van der Waals surface area contributed by atoms with Crippen molar-refractivity contribution in [3.05, 3.63) is 18.5 Å². The maximum absolute atomic E-state index is 6.12. The van der Waals surface area contributed by atoms with Crippen LogP contribution in [0.4, 0.5) is 11.5 Å². The van der Waals surface area contributed by atoms with Crippen molar-refractivity contribution < 1.29 is 9.47 Å². The summed E-state index contributed by atoms with van der Waals surface area (Å²) in [5.41, 5.74) is 14.3. The Labute approximate surface area is 202 Å². The molecule has 0 spiro atoms. The van der Waals surface area contributed by atoms with Gasteiger partial charge in [0.15, 0.2) is 38.7 Å². The van der Waals surface area contributed by atoms with E-state index in [9.17, 15) is 0 Å². The topological polar surface area (TPSA) is 121 Å². The summed E-state index contributed by atoms with van der Waals surface area (Å²) in [7, 11) is 3.98. The SMILES string of the molecule is CC(C)N(CCCn1c(Sc2cc3c(cc2N(C)C)OCO3)nc2c(N)ncnc21)C(N)=S. The van der Waals surface area contributed by atoms with Crippen LogP contribution in [0.3, 0.4) is 0 Å². The number of nitrogens with two attached hydrogens (primary N) is 2. The number of anilines is 2. The van der Waals surface area contributed by atoms with Gasteiger partial charge in [0, 0.05) is 50.3 Å². The van der Waals surface area contributed by atoms with Gasteiger partial charge in [-0.3, -0.25) is 0 Å². The van der Waals surface area contributed by atoms with Crippen LogP contribution in [0.15, 0.2) is 28.5 Å². The monoisotopic (exact) mass is 488 g/mol. The van der Waals surface area contributed by atoms with E-state index >= 15 is 0 Å². The fourth-order valence-electron chi connectivity index (χ4n) is 3.68. The minimum atomic E-state index is 0.219. The van der Waals surface area contributed by atoms with Crippen LogP contribution in [0, 0.1) is 0 Å². The van der Waals surface area contributed by atoms with Crippen LogP contribution in [0.2, 0.25) is 0 Å². The van der Waals surface area contributed by atoms with E-state index in [0.29, 0.717) is 34.4 Å². The van der Waals surface area contributed by atoms with Crippen molar-refractivity contribution in [2.24, 2.45) is 5.73 Å². The fraction of sp³-hybridized carbons (Fsp3) is 0.429. The van der Waals surface area contributed by atoms with E-state index in [2.05, 4.69) is 28.4 Å². The van der Waals surface area contributed by atoms with Crippen LogP contribution in [0.5, 0.6) is 11.5 Å². The lowest BCUT2D eigenvalue weighted by Crippen LogP contribution is -2.41. The molecule has 0 atom stereocenters. The number of fused-ring (bicyclic) bond motifs is 2. The van der Waals surface area contributed by atoms with Gasteiger partial charge in [0.05, 0.1) is 5.69 Å². The van der Waals surface area contributed by atoms with Gasteiger partial charge < -0.3 is 35.3 Å². The van der Waals surface area contributed by atoms with E-state index in [0.717, 1.165) is 34.5 Å². The number of hydrogen-bond donors (Lipinski definition) is 2. The maximum Gasteiger partial charge on any atom is 0.231 e. The second kappa shape index (κ2) is 9.48. The van der Waals surface area contributed by atoms with Gasteiger partial charge in [-0.2, -0.15) is 0 Å². The molecule has 0 fully saturated rings. The van der Waals surface area contributed by atoms with Crippen molar-refractivity contribution in [2.75, 3.05) is 38.1 Å². The van der Waals surface area contributed by atoms with Crippen molar-refractivity contribution >= 4 is 51.8 Å². The summed E-state index contributed by atoms with van der Waals surface area (Å²) in [5, 5.41) is 1.17. The van der Waals surface area contributed by atoms with Crippen LogP contribution in [0.25, 0.3) is 11.2 Å². The lowest BCUT2D eigenvalue weighted by Gasteiger charge is -2.27. The average molecular weight is 489 g/mol. The second-order valence-corrected chi connectivity index (χ2v) is 9.55. The molecule has 4 rings (SSSR count). The molecule has 0 saturated carbocycles. The van der Waals surface area contributed by atoms with Gasteiger partial charge in [-0.25, -0.2) is 15.0 Å². The molecule has 0 saturated heterocycles. The molecule has 33 heavy (non-hydrogen) atoms. The average Bonchev–Trinajstić information content (AvgIpc) is 3.35. The van der Waals surface area contributed by atoms with Crippen molar-refractivity contribution in [1.82, 2.24) is 24.4 Å². The van der Waals surface area contributed by atoms with Crippen molar-refractivity contribution in [3.63, 3.8) is 0 Å². The van der Waals surface area contributed by atoms with Gasteiger partial charge in [-0.15, -0.1) is 0 Å². The quantitative estimate of drug-likeness (QED) is 0.455. The largest absolute Gasteiger partial charge is 0.454 e. The molecule has 12 heteroatoms. The Morgan fingerprint density at radius 3 is 2.64 bits per heavy atom. The maximum atomic E-state index is 6.12. The third kappa shape index (κ3) is 4.71. The summed E-state index contributed by atoms with van der Waals surface area (Å²) in [5.74, 6) is 1.80. The highest BCUT2D eigenvalue weighted by Crippen LogP contribution is 2.44. The van der Waals surface area contributed by atoms with Crippen LogP contribution < -0.4 is 25.8 Å². The number of nitrogen functional groups attached to an aromatic ring is 1. The molecular formula is C21H28N8O2S2. The summed E-state index contributed by atoms with van der Waals surface area (Å²) < 4.78 is 13.2. The number of thiocarbonyl (C=S) groups is 1. The number of aryl methyl sites for hydroxylation is 1. The molecule has 3 aromatic rings. The molecule has 0 amide bonds. The zero-order valence-corrected chi connectivity index (χ0v) is 20.7. The van der Waals surface area contributed by atoms with Crippen molar-refractivity contribution in [3.8, 4) is 11.5 Å². The van der Waals surface area contributed by atoms with E-state index in [1.807, 2.05) is 36.0 Å². The number of hydrogen-bond acceptors (Lipinski definition) is 9. The zero-order chi connectivity index (χ0) is 23.7. The fourth-order valence-corrected chi connectivity index (χ4v) is 5.11. The molecule has 10 nitrogen and oxygen atoms in total. The number of nitrogens with zero attached hydrogens (tertiary/aromatic N) is 6. The third-order valence-electron chi connectivity index (χ3n) is 5.35. The summed E-state index contributed by atoms with van der Waals surface area (Å²) >= 11 is 6.74. The summed E-state index contributed by atoms with van der Waals surface area (Å²) in [4.78, 5) is 18.4. The first-order valence-electron chi connectivity index (χ1n) is 10.6. The number of rotatable bonds is 8. The Morgan fingerprint density at radius 2 is 1.97 bits per heavy atom. The molecule has 0 unspecified atom stereocenters. The van der Waals surface area contributed by atoms with E-state index in [-0.39, 0.29) is 12.8 Å². The standard InChI is InChI=1S/C21H28N8O2S2/c1-12(2)28(20(23)32)6-5-7-29-19-17(18(22)24-10-25-19)26-21(29)33-16-9-15-14(30-11-31-15)8-13(16)27(3)4/h8-10,12H,5-7,11H2,1-4H3,(H2,23,32)(H2,22,24,25). The number of imidazole rings is 1. The molecule has 1 aromatic carbocycles. The third-order valence-corrected chi connectivity index (χ3v) is 6.63. The minimum absolute atomic E-state index is 0.219. The second-order valence-electron chi connectivity index (χ2n) is 8.13. The Morgan fingerprint density at radius 1 is 1.24 bits per heavy atom. The number of aromatic nitrogens is 4. The first-order valence-corrected chi connectivity index (χ1v) is 11.8. The lowest BCUT2D eigenvalue weighted by molar-refractivity contribution is 0.174. The van der Waals surface area contributed by atoms with Crippen LogP contribution in [0.1, 0.15) is 20.3 Å². The highest BCUT2D eigenvalue weighted by Gasteiger charge is 2.22. The smallest absolute Gasteiger partial charge is 0.231 e. The highest BCUT2D eigenvalue weighted by atomic mass is 32.2. The normalized spacial score (nSPS) is 12.5. The van der Waals surface area contributed by atoms with Crippen molar-refractivity contribution in [2.45, 2.75) is 42.9 Å². The Hall–Kier alpha value is -2.99. The number of benzene rings is 1. The molecule has 3 heterocycles. The molecule has 0 bridgehead atoms. The van der Waals surface area contributed by atoms with E-state index in [1.165, 1.54) is 18.1 Å². The summed E-state index contributed by atoms with van der Waals surface area (Å²) in [6.07, 6.45) is 2.27. The Balaban J connectivity index is 1.68. The van der Waals surface area contributed by atoms with E-state index in [1.54, 1.807) is 0 Å². The Kier molecular flexibility index (Phi) is 6.66. The van der Waals surface area contributed by atoms with Gasteiger partial charge in [0.25, 0.3) is 0 Å². The predicted molar refractivity (Wildman–Crippen MR) is 134 cm³/mol. The van der Waals surface area contributed by atoms with Crippen molar-refractivity contribution in [1.29, 1.82) is 0 Å². The van der Waals surface area contributed by atoms with E-state index < -0.39 is 0 Å². The van der Waals surface area contributed by atoms with E-state index in [4.69, 9.17) is 38.1 Å². The van der Waals surface area contributed by atoms with Gasteiger partial charge in [-0.1, -0.05) is 0 Å².